The second-order valence-corrected chi connectivity index (χ2v) is 6.39. The highest BCUT2D eigenvalue weighted by molar-refractivity contribution is 6.51. The van der Waals surface area contributed by atoms with Gasteiger partial charge < -0.3 is 4.43 Å². The summed E-state index contributed by atoms with van der Waals surface area (Å²) in [5, 5.41) is 0. The Labute approximate surface area is 99.8 Å². The second kappa shape index (κ2) is 11.8. The van der Waals surface area contributed by atoms with Crippen LogP contribution in [0.15, 0.2) is 0 Å². The number of rotatable bonds is 10. The van der Waals surface area contributed by atoms with Crippen LogP contribution in [-0.2, 0) is 4.43 Å². The minimum absolute atomic E-state index is 0.558. The van der Waals surface area contributed by atoms with Gasteiger partial charge in [-0.1, -0.05) is 12.8 Å². The first-order valence-electron chi connectivity index (χ1n) is 5.44. The zero-order valence-electron chi connectivity index (χ0n) is 9.03. The quantitative estimate of drug-likeness (QED) is 0.325. The van der Waals surface area contributed by atoms with E-state index in [-0.39, 0.29) is 0 Å². The summed E-state index contributed by atoms with van der Waals surface area (Å²) in [5.74, 6) is 1.56. The molecule has 4 heteroatoms. The van der Waals surface area contributed by atoms with E-state index in [4.69, 9.17) is 27.6 Å². The number of halogens is 2. The number of unbranched alkanes of at least 4 members (excludes halogenated alkanes) is 2. The van der Waals surface area contributed by atoms with Gasteiger partial charge in [0.15, 0.2) is 0 Å². The third kappa shape index (κ3) is 9.32. The summed E-state index contributed by atoms with van der Waals surface area (Å²) < 4.78 is 5.75. The van der Waals surface area contributed by atoms with Gasteiger partial charge in [0.05, 0.1) is 0 Å². The molecule has 0 atom stereocenters. The molecule has 85 valence electrons. The van der Waals surface area contributed by atoms with Crippen molar-refractivity contribution in [3.8, 4) is 0 Å². The van der Waals surface area contributed by atoms with Crippen molar-refractivity contribution < 1.29 is 4.43 Å². The van der Waals surface area contributed by atoms with Crippen molar-refractivity contribution in [2.24, 2.45) is 0 Å². The van der Waals surface area contributed by atoms with Gasteiger partial charge in [0.25, 0.3) is 0 Å². The van der Waals surface area contributed by atoms with E-state index in [1.807, 2.05) is 0 Å². The first kappa shape index (κ1) is 14.8. The van der Waals surface area contributed by atoms with Crippen molar-refractivity contribution in [1.82, 2.24) is 0 Å². The van der Waals surface area contributed by atoms with Crippen molar-refractivity contribution in [2.75, 3.05) is 18.4 Å². The Kier molecular flexibility index (Phi) is 12.5. The molecule has 0 N–H and O–H groups in total. The zero-order chi connectivity index (χ0) is 10.6. The molecule has 0 saturated heterocycles. The highest BCUT2D eigenvalue weighted by Crippen LogP contribution is 2.12. The van der Waals surface area contributed by atoms with Crippen LogP contribution in [0.2, 0.25) is 12.1 Å². The van der Waals surface area contributed by atoms with E-state index in [9.17, 15) is 0 Å². The van der Waals surface area contributed by atoms with Crippen molar-refractivity contribution in [3.63, 3.8) is 0 Å². The van der Waals surface area contributed by atoms with E-state index in [1.54, 1.807) is 0 Å². The molecule has 0 fully saturated rings. The molecule has 1 nitrogen and oxygen atoms in total. The topological polar surface area (TPSA) is 9.23 Å². The Morgan fingerprint density at radius 2 is 1.43 bits per heavy atom. The average Bonchev–Trinajstić information content (AvgIpc) is 2.18. The van der Waals surface area contributed by atoms with Gasteiger partial charge in [-0.15, -0.1) is 23.2 Å². The van der Waals surface area contributed by atoms with Crippen LogP contribution in [0.3, 0.4) is 0 Å². The van der Waals surface area contributed by atoms with Crippen LogP contribution in [0.4, 0.5) is 0 Å². The van der Waals surface area contributed by atoms with Crippen LogP contribution < -0.4 is 0 Å². The second-order valence-electron chi connectivity index (χ2n) is 3.26. The Hall–Kier alpha value is 0.757. The Bertz CT molecular complexity index is 104. The van der Waals surface area contributed by atoms with E-state index < -0.39 is 9.04 Å². The molecule has 0 aliphatic carbocycles. The predicted molar refractivity (Wildman–Crippen MR) is 66.9 cm³/mol. The van der Waals surface area contributed by atoms with Gasteiger partial charge in [0.1, 0.15) is 0 Å². The minimum atomic E-state index is -0.558. The first-order valence-corrected chi connectivity index (χ1v) is 8.33. The molecular weight excluding hydrogens is 235 g/mol. The van der Waals surface area contributed by atoms with Gasteiger partial charge in [-0.2, -0.15) is 0 Å². The van der Waals surface area contributed by atoms with Gasteiger partial charge >= 0.3 is 0 Å². The van der Waals surface area contributed by atoms with E-state index in [0.29, 0.717) is 0 Å². The highest BCUT2D eigenvalue weighted by atomic mass is 35.5. The summed E-state index contributed by atoms with van der Waals surface area (Å²) in [6.07, 6.45) is 4.69. The summed E-state index contributed by atoms with van der Waals surface area (Å²) in [7, 11) is -0.558. The maximum Gasteiger partial charge on any atom is 0.211 e. The van der Waals surface area contributed by atoms with Crippen molar-refractivity contribution in [2.45, 2.75) is 44.7 Å². The Morgan fingerprint density at radius 3 is 1.79 bits per heavy atom. The molecule has 0 aliphatic heterocycles. The fourth-order valence-corrected chi connectivity index (χ4v) is 3.92. The van der Waals surface area contributed by atoms with E-state index >= 15 is 0 Å². The van der Waals surface area contributed by atoms with Gasteiger partial charge in [-0.3, -0.25) is 0 Å². The van der Waals surface area contributed by atoms with Crippen molar-refractivity contribution in [3.05, 3.63) is 0 Å². The molecule has 0 amide bonds. The van der Waals surface area contributed by atoms with Gasteiger partial charge in [-0.05, 0) is 31.9 Å². The van der Waals surface area contributed by atoms with E-state index in [1.165, 1.54) is 24.9 Å². The predicted octanol–water partition coefficient (Wildman–Crippen LogP) is 4.05. The van der Waals surface area contributed by atoms with Crippen LogP contribution in [0.25, 0.3) is 0 Å². The summed E-state index contributed by atoms with van der Waals surface area (Å²) >= 11 is 11.3. The maximum absolute atomic E-state index is 5.75. The summed E-state index contributed by atoms with van der Waals surface area (Å²) in [6, 6.07) is 2.49. The van der Waals surface area contributed by atoms with Crippen LogP contribution >= 0.6 is 23.2 Å². The summed E-state index contributed by atoms with van der Waals surface area (Å²) in [4.78, 5) is 0. The van der Waals surface area contributed by atoms with Crippen LogP contribution in [0.1, 0.15) is 32.6 Å². The third-order valence-corrected chi connectivity index (χ3v) is 5.08. The van der Waals surface area contributed by atoms with E-state index in [0.717, 1.165) is 31.2 Å². The van der Waals surface area contributed by atoms with Crippen LogP contribution in [0, 0.1) is 0 Å². The van der Waals surface area contributed by atoms with Crippen LogP contribution in [-0.4, -0.2) is 27.4 Å². The molecule has 14 heavy (non-hydrogen) atoms. The molecule has 0 bridgehead atoms. The molecule has 0 unspecified atom stereocenters. The molecule has 0 rings (SSSR count). The van der Waals surface area contributed by atoms with Crippen molar-refractivity contribution in [1.29, 1.82) is 0 Å². The minimum Gasteiger partial charge on any atom is -0.417 e. The smallest absolute Gasteiger partial charge is 0.211 e. The molecule has 0 aliphatic rings. The number of hydrogen-bond donors (Lipinski definition) is 0. The zero-order valence-corrected chi connectivity index (χ0v) is 11.5. The largest absolute Gasteiger partial charge is 0.417 e. The lowest BCUT2D eigenvalue weighted by molar-refractivity contribution is 0.339. The molecule has 0 heterocycles. The van der Waals surface area contributed by atoms with E-state index in [2.05, 4.69) is 6.92 Å². The molecule has 0 saturated carbocycles. The normalized spacial score (nSPS) is 11.1. The Balaban J connectivity index is 3.44. The standard InChI is InChI=1S/C10H21Cl2OSi/c1-2-13-14(9-5-3-7-11)10-6-4-8-12/h2-10H2,1H3. The van der Waals surface area contributed by atoms with Crippen molar-refractivity contribution >= 4 is 32.2 Å². The van der Waals surface area contributed by atoms with Gasteiger partial charge in [-0.25, -0.2) is 0 Å². The molecule has 0 aromatic heterocycles. The van der Waals surface area contributed by atoms with Gasteiger partial charge in [0.2, 0.25) is 9.04 Å². The average molecular weight is 256 g/mol. The Morgan fingerprint density at radius 1 is 0.929 bits per heavy atom. The van der Waals surface area contributed by atoms with Gasteiger partial charge in [0, 0.05) is 18.4 Å². The molecular formula is C10H21Cl2OSi. The number of hydrogen-bond acceptors (Lipinski definition) is 1. The molecule has 1 radical (unpaired) electrons. The van der Waals surface area contributed by atoms with Crippen LogP contribution in [0.5, 0.6) is 0 Å². The SMILES string of the molecule is CCO[Si](CCCCCl)CCCCCl. The molecule has 0 spiro atoms. The highest BCUT2D eigenvalue weighted by Gasteiger charge is 2.11. The number of alkyl halides is 2. The fraction of sp³-hybridized carbons (Fsp3) is 1.00. The molecule has 0 aromatic rings. The lowest BCUT2D eigenvalue weighted by Gasteiger charge is -2.13. The summed E-state index contributed by atoms with van der Waals surface area (Å²) in [5.41, 5.74) is 0. The summed E-state index contributed by atoms with van der Waals surface area (Å²) in [6.45, 7) is 2.93. The maximum atomic E-state index is 5.75. The lowest BCUT2D eigenvalue weighted by Crippen LogP contribution is -2.17. The molecule has 0 aromatic carbocycles. The fourth-order valence-electron chi connectivity index (χ4n) is 1.31. The first-order chi connectivity index (χ1) is 6.85. The lowest BCUT2D eigenvalue weighted by atomic mass is 10.4. The monoisotopic (exact) mass is 255 g/mol. The third-order valence-electron chi connectivity index (χ3n) is 2.03.